The summed E-state index contributed by atoms with van der Waals surface area (Å²) in [5.74, 6) is -0.155. The molecule has 4 N–H and O–H groups in total. The fourth-order valence-corrected chi connectivity index (χ4v) is 3.03. The Labute approximate surface area is 117 Å². The second-order valence-electron chi connectivity index (χ2n) is 4.50. The van der Waals surface area contributed by atoms with E-state index >= 15 is 0 Å². The molecule has 0 aliphatic carbocycles. The molecule has 1 aromatic carbocycles. The second-order valence-corrected chi connectivity index (χ2v) is 6.18. The van der Waals surface area contributed by atoms with Crippen LogP contribution in [0, 0.1) is 13.8 Å². The zero-order valence-electron chi connectivity index (χ0n) is 11.4. The summed E-state index contributed by atoms with van der Waals surface area (Å²) in [6.45, 7) is 3.49. The Bertz CT molecular complexity index is 765. The Balaban J connectivity index is 2.43. The van der Waals surface area contributed by atoms with Crippen LogP contribution in [0.5, 0.6) is 5.75 Å². The zero-order chi connectivity index (χ0) is 15.1. The Morgan fingerprint density at radius 3 is 2.50 bits per heavy atom. The molecule has 0 bridgehead atoms. The van der Waals surface area contributed by atoms with Crippen molar-refractivity contribution in [3.8, 4) is 5.75 Å². The van der Waals surface area contributed by atoms with E-state index in [0.29, 0.717) is 17.1 Å². The average Bonchev–Trinajstić information content (AvgIpc) is 2.59. The van der Waals surface area contributed by atoms with Gasteiger partial charge in [0.25, 0.3) is 10.0 Å². The maximum absolute atomic E-state index is 12.3. The zero-order valence-corrected chi connectivity index (χ0v) is 12.2. The number of aryl methyl sites for hydroxylation is 2. The lowest BCUT2D eigenvalue weighted by molar-refractivity contribution is 0.477. The van der Waals surface area contributed by atoms with Crippen LogP contribution in [0.1, 0.15) is 11.4 Å². The molecule has 0 aliphatic heterocycles. The van der Waals surface area contributed by atoms with Gasteiger partial charge in [0.2, 0.25) is 0 Å². The molecule has 8 heteroatoms. The summed E-state index contributed by atoms with van der Waals surface area (Å²) in [7, 11) is -2.04. The van der Waals surface area contributed by atoms with Crippen LogP contribution in [-0.2, 0) is 17.1 Å². The van der Waals surface area contributed by atoms with Crippen LogP contribution in [0.25, 0.3) is 0 Å². The van der Waals surface area contributed by atoms with Crippen molar-refractivity contribution in [2.24, 2.45) is 7.05 Å². The van der Waals surface area contributed by atoms with Crippen molar-refractivity contribution < 1.29 is 13.5 Å². The van der Waals surface area contributed by atoms with E-state index in [1.54, 1.807) is 25.6 Å². The minimum atomic E-state index is -3.78. The van der Waals surface area contributed by atoms with E-state index in [1.807, 2.05) is 0 Å². The van der Waals surface area contributed by atoms with Gasteiger partial charge in [-0.2, -0.15) is 5.10 Å². The smallest absolute Gasteiger partial charge is 0.262 e. The summed E-state index contributed by atoms with van der Waals surface area (Å²) < 4.78 is 28.7. The first-order chi connectivity index (χ1) is 9.22. The van der Waals surface area contributed by atoms with Gasteiger partial charge in [-0.15, -0.1) is 0 Å². The van der Waals surface area contributed by atoms with Gasteiger partial charge in [0.1, 0.15) is 5.75 Å². The molecule has 1 aromatic heterocycles. The van der Waals surface area contributed by atoms with Crippen LogP contribution in [0.15, 0.2) is 23.1 Å². The number of nitrogens with one attached hydrogen (secondary N) is 1. The van der Waals surface area contributed by atoms with Gasteiger partial charge in [-0.05, 0) is 32.0 Å². The molecule has 2 rings (SSSR count). The number of nitrogen functional groups attached to an aromatic ring is 1. The summed E-state index contributed by atoms with van der Waals surface area (Å²) in [5, 5.41) is 13.5. The highest BCUT2D eigenvalue weighted by Crippen LogP contribution is 2.26. The first kappa shape index (κ1) is 14.2. The molecular formula is C12H16N4O3S. The fourth-order valence-electron chi connectivity index (χ4n) is 1.81. The van der Waals surface area contributed by atoms with Crippen molar-refractivity contribution in [3.63, 3.8) is 0 Å². The number of phenols is 1. The van der Waals surface area contributed by atoms with Crippen LogP contribution < -0.4 is 10.5 Å². The highest BCUT2D eigenvalue weighted by atomic mass is 32.2. The molecule has 20 heavy (non-hydrogen) atoms. The van der Waals surface area contributed by atoms with Crippen LogP contribution >= 0.6 is 0 Å². The summed E-state index contributed by atoms with van der Waals surface area (Å²) in [6.07, 6.45) is 0. The van der Waals surface area contributed by atoms with Crippen molar-refractivity contribution in [2.45, 2.75) is 18.7 Å². The van der Waals surface area contributed by atoms with Gasteiger partial charge in [-0.25, -0.2) is 8.42 Å². The summed E-state index contributed by atoms with van der Waals surface area (Å²) in [4.78, 5) is -0.0181. The Kier molecular flexibility index (Phi) is 3.34. The molecule has 2 aromatic rings. The van der Waals surface area contributed by atoms with Crippen LogP contribution in [0.3, 0.4) is 0 Å². The lowest BCUT2D eigenvalue weighted by Gasteiger charge is -2.09. The number of phenolic OH excluding ortho intramolecular Hbond substituents is 1. The molecule has 0 atom stereocenters. The van der Waals surface area contributed by atoms with E-state index in [4.69, 9.17) is 5.73 Å². The van der Waals surface area contributed by atoms with E-state index in [0.717, 1.165) is 0 Å². The molecule has 1 heterocycles. The predicted octanol–water partition coefficient (Wildman–Crippen LogP) is 1.13. The Morgan fingerprint density at radius 2 is 2.00 bits per heavy atom. The topological polar surface area (TPSA) is 110 Å². The van der Waals surface area contributed by atoms with Gasteiger partial charge in [-0.1, -0.05) is 0 Å². The standard InChI is InChI=1S/C12H16N4O3S/c1-7-12(8(2)16(3)14-7)15-20(18,19)9-4-5-11(17)10(13)6-9/h4-6,15,17H,13H2,1-3H3. The number of anilines is 2. The fraction of sp³-hybridized carbons (Fsp3) is 0.250. The third kappa shape index (κ3) is 2.42. The molecule has 0 aliphatic rings. The number of nitrogens with zero attached hydrogens (tertiary/aromatic N) is 2. The van der Waals surface area contributed by atoms with Crippen LogP contribution in [0.2, 0.25) is 0 Å². The van der Waals surface area contributed by atoms with Crippen molar-refractivity contribution >= 4 is 21.4 Å². The molecule has 0 radical (unpaired) electrons. The van der Waals surface area contributed by atoms with Crippen LogP contribution in [0.4, 0.5) is 11.4 Å². The van der Waals surface area contributed by atoms with E-state index in [2.05, 4.69) is 9.82 Å². The molecule has 0 saturated heterocycles. The second kappa shape index (κ2) is 4.71. The lowest BCUT2D eigenvalue weighted by Crippen LogP contribution is -2.14. The van der Waals surface area contributed by atoms with E-state index in [9.17, 15) is 13.5 Å². The van der Waals surface area contributed by atoms with Crippen molar-refractivity contribution in [3.05, 3.63) is 29.6 Å². The van der Waals surface area contributed by atoms with Gasteiger partial charge in [-0.3, -0.25) is 9.40 Å². The SMILES string of the molecule is Cc1nn(C)c(C)c1NS(=O)(=O)c1ccc(O)c(N)c1. The monoisotopic (exact) mass is 296 g/mol. The first-order valence-electron chi connectivity index (χ1n) is 5.84. The number of hydrogen-bond acceptors (Lipinski definition) is 5. The molecule has 0 fully saturated rings. The lowest BCUT2D eigenvalue weighted by atomic mass is 10.3. The quantitative estimate of drug-likeness (QED) is 0.581. The number of aromatic hydroxyl groups is 1. The number of benzene rings is 1. The molecule has 0 saturated carbocycles. The van der Waals surface area contributed by atoms with E-state index < -0.39 is 10.0 Å². The highest BCUT2D eigenvalue weighted by Gasteiger charge is 2.19. The summed E-state index contributed by atoms with van der Waals surface area (Å²) >= 11 is 0. The Hall–Kier alpha value is -2.22. The van der Waals surface area contributed by atoms with E-state index in [-0.39, 0.29) is 16.3 Å². The van der Waals surface area contributed by atoms with Gasteiger partial charge in [0, 0.05) is 7.05 Å². The normalized spacial score (nSPS) is 11.6. The van der Waals surface area contributed by atoms with Crippen molar-refractivity contribution in [2.75, 3.05) is 10.5 Å². The molecule has 7 nitrogen and oxygen atoms in total. The van der Waals surface area contributed by atoms with Gasteiger partial charge in [0.15, 0.2) is 0 Å². The number of sulfonamides is 1. The number of aromatic nitrogens is 2. The summed E-state index contributed by atoms with van der Waals surface area (Å²) in [6, 6.07) is 3.74. The molecule has 0 amide bonds. The minimum absolute atomic E-state index is 0.00695. The maximum Gasteiger partial charge on any atom is 0.262 e. The number of rotatable bonds is 3. The summed E-state index contributed by atoms with van der Waals surface area (Å²) in [5.41, 5.74) is 7.26. The van der Waals surface area contributed by atoms with Gasteiger partial charge in [0.05, 0.1) is 27.7 Å². The minimum Gasteiger partial charge on any atom is -0.506 e. The largest absolute Gasteiger partial charge is 0.506 e. The van der Waals surface area contributed by atoms with Crippen LogP contribution in [-0.4, -0.2) is 23.3 Å². The first-order valence-corrected chi connectivity index (χ1v) is 7.32. The predicted molar refractivity (Wildman–Crippen MR) is 76.0 cm³/mol. The molecule has 0 spiro atoms. The molecule has 0 unspecified atom stereocenters. The van der Waals surface area contributed by atoms with Crippen molar-refractivity contribution in [1.82, 2.24) is 9.78 Å². The highest BCUT2D eigenvalue weighted by molar-refractivity contribution is 7.92. The number of hydrogen-bond donors (Lipinski definition) is 3. The molecule has 108 valence electrons. The third-order valence-corrected chi connectivity index (χ3v) is 4.40. The molecular weight excluding hydrogens is 280 g/mol. The third-order valence-electron chi connectivity index (χ3n) is 3.05. The van der Waals surface area contributed by atoms with Crippen molar-refractivity contribution in [1.29, 1.82) is 0 Å². The number of nitrogens with two attached hydrogens (primary N) is 1. The van der Waals surface area contributed by atoms with Gasteiger partial charge >= 0.3 is 0 Å². The average molecular weight is 296 g/mol. The Morgan fingerprint density at radius 1 is 1.35 bits per heavy atom. The van der Waals surface area contributed by atoms with Gasteiger partial charge < -0.3 is 10.8 Å². The maximum atomic E-state index is 12.3. The van der Waals surface area contributed by atoms with E-state index in [1.165, 1.54) is 18.2 Å².